The van der Waals surface area contributed by atoms with Crippen LogP contribution in [0.25, 0.3) is 0 Å². The van der Waals surface area contributed by atoms with E-state index in [1.54, 1.807) is 38.1 Å². The number of aromatic hydroxyl groups is 1. The molecule has 0 bridgehead atoms. The van der Waals surface area contributed by atoms with Crippen LogP contribution in [0.3, 0.4) is 0 Å². The van der Waals surface area contributed by atoms with Gasteiger partial charge in [-0.05, 0) is 43.7 Å². The fraction of sp³-hybridized carbons (Fsp3) is 0.167. The molecule has 0 spiro atoms. The highest BCUT2D eigenvalue weighted by Gasteiger charge is 2.12. The summed E-state index contributed by atoms with van der Waals surface area (Å²) in [6.07, 6.45) is -0.0527. The smallest absolute Gasteiger partial charge is 0.275 e. The fourth-order valence-corrected chi connectivity index (χ4v) is 2.45. The van der Waals surface area contributed by atoms with Crippen molar-refractivity contribution >= 4 is 46.4 Å². The van der Waals surface area contributed by atoms with Crippen LogP contribution in [0.1, 0.15) is 29.3 Å². The lowest BCUT2D eigenvalue weighted by molar-refractivity contribution is -0.115. The molecule has 2 aromatic rings. The van der Waals surface area contributed by atoms with Gasteiger partial charge in [-0.1, -0.05) is 35.3 Å². The van der Waals surface area contributed by atoms with E-state index in [1.807, 2.05) is 0 Å². The standard InChI is InChI=1S/C18H17Cl2N3O3/c1-10-4-3-5-13(17(10)25)18(26)23-22-11(2)8-16(24)21-15-9-12(19)6-7-14(15)20/h3-7,9,25H,8H2,1-2H3,(H,21,24)(H,23,26)/b22-11-. The summed E-state index contributed by atoms with van der Waals surface area (Å²) in [5.74, 6) is -1.03. The average Bonchev–Trinajstić information content (AvgIpc) is 2.58. The molecular formula is C18H17Cl2N3O3. The molecule has 0 heterocycles. The minimum absolute atomic E-state index is 0.0527. The van der Waals surface area contributed by atoms with E-state index in [9.17, 15) is 14.7 Å². The lowest BCUT2D eigenvalue weighted by Gasteiger charge is -2.08. The van der Waals surface area contributed by atoms with Crippen molar-refractivity contribution in [1.29, 1.82) is 0 Å². The maximum Gasteiger partial charge on any atom is 0.275 e. The zero-order valence-corrected chi connectivity index (χ0v) is 15.6. The van der Waals surface area contributed by atoms with E-state index in [0.29, 0.717) is 27.0 Å². The van der Waals surface area contributed by atoms with Gasteiger partial charge in [0.2, 0.25) is 5.91 Å². The van der Waals surface area contributed by atoms with Crippen LogP contribution in [0.15, 0.2) is 41.5 Å². The molecule has 0 aliphatic rings. The van der Waals surface area contributed by atoms with Gasteiger partial charge in [-0.2, -0.15) is 5.10 Å². The van der Waals surface area contributed by atoms with Crippen molar-refractivity contribution in [3.05, 3.63) is 57.6 Å². The van der Waals surface area contributed by atoms with E-state index in [0.717, 1.165) is 0 Å². The van der Waals surface area contributed by atoms with Crippen molar-refractivity contribution < 1.29 is 14.7 Å². The number of para-hydroxylation sites is 1. The summed E-state index contributed by atoms with van der Waals surface area (Å²) in [5.41, 5.74) is 3.78. The number of phenolic OH excluding ortho intramolecular Hbond substituents is 1. The van der Waals surface area contributed by atoms with E-state index in [-0.39, 0.29) is 23.6 Å². The summed E-state index contributed by atoms with van der Waals surface area (Å²) in [7, 11) is 0. The highest BCUT2D eigenvalue weighted by atomic mass is 35.5. The number of aryl methyl sites for hydroxylation is 1. The quantitative estimate of drug-likeness (QED) is 0.526. The Kier molecular flexibility index (Phi) is 6.60. The molecule has 26 heavy (non-hydrogen) atoms. The van der Waals surface area contributed by atoms with Crippen LogP contribution in [-0.4, -0.2) is 22.6 Å². The van der Waals surface area contributed by atoms with Crippen molar-refractivity contribution in [1.82, 2.24) is 5.43 Å². The van der Waals surface area contributed by atoms with Crippen molar-refractivity contribution in [2.24, 2.45) is 5.10 Å². The van der Waals surface area contributed by atoms with Crippen LogP contribution in [0, 0.1) is 6.92 Å². The number of carbonyl (C=O) groups is 2. The predicted octanol–water partition coefficient (Wildman–Crippen LogP) is 4.14. The topological polar surface area (TPSA) is 90.8 Å². The molecule has 0 radical (unpaired) electrons. The molecule has 3 N–H and O–H groups in total. The molecule has 0 aliphatic heterocycles. The molecule has 2 aromatic carbocycles. The molecule has 0 atom stereocenters. The van der Waals surface area contributed by atoms with Crippen LogP contribution in [0.5, 0.6) is 5.75 Å². The van der Waals surface area contributed by atoms with Crippen molar-refractivity contribution in [3.8, 4) is 5.75 Å². The van der Waals surface area contributed by atoms with Gasteiger partial charge in [0.1, 0.15) is 5.75 Å². The number of anilines is 1. The minimum atomic E-state index is -0.566. The molecule has 0 aromatic heterocycles. The molecule has 8 heteroatoms. The highest BCUT2D eigenvalue weighted by Crippen LogP contribution is 2.25. The third-order valence-electron chi connectivity index (χ3n) is 3.45. The number of hydrogen-bond acceptors (Lipinski definition) is 4. The van der Waals surface area contributed by atoms with Gasteiger partial charge in [0.05, 0.1) is 22.7 Å². The minimum Gasteiger partial charge on any atom is -0.507 e. The molecule has 136 valence electrons. The molecule has 0 saturated carbocycles. The van der Waals surface area contributed by atoms with Gasteiger partial charge in [-0.25, -0.2) is 5.43 Å². The lowest BCUT2D eigenvalue weighted by atomic mass is 10.1. The number of benzene rings is 2. The molecular weight excluding hydrogens is 377 g/mol. The van der Waals surface area contributed by atoms with Gasteiger partial charge in [0, 0.05) is 10.7 Å². The normalized spacial score (nSPS) is 11.2. The van der Waals surface area contributed by atoms with E-state index in [2.05, 4.69) is 15.8 Å². The van der Waals surface area contributed by atoms with Crippen LogP contribution in [0.2, 0.25) is 10.0 Å². The van der Waals surface area contributed by atoms with E-state index in [1.165, 1.54) is 12.1 Å². The zero-order chi connectivity index (χ0) is 19.3. The first kappa shape index (κ1) is 19.8. The summed E-state index contributed by atoms with van der Waals surface area (Å²) in [4.78, 5) is 24.1. The van der Waals surface area contributed by atoms with Crippen LogP contribution in [0.4, 0.5) is 5.69 Å². The fourth-order valence-electron chi connectivity index (χ4n) is 2.11. The van der Waals surface area contributed by atoms with Gasteiger partial charge in [0.15, 0.2) is 0 Å². The van der Waals surface area contributed by atoms with Crippen molar-refractivity contribution in [2.45, 2.75) is 20.3 Å². The largest absolute Gasteiger partial charge is 0.507 e. The number of nitrogens with zero attached hydrogens (tertiary/aromatic N) is 1. The molecule has 0 fully saturated rings. The Labute approximate surface area is 160 Å². The third-order valence-corrected chi connectivity index (χ3v) is 4.01. The van der Waals surface area contributed by atoms with Gasteiger partial charge in [-0.3, -0.25) is 9.59 Å². The van der Waals surface area contributed by atoms with Gasteiger partial charge < -0.3 is 10.4 Å². The van der Waals surface area contributed by atoms with Crippen LogP contribution >= 0.6 is 23.2 Å². The third kappa shape index (κ3) is 5.21. The Morgan fingerprint density at radius 3 is 2.65 bits per heavy atom. The second-order valence-electron chi connectivity index (χ2n) is 5.61. The summed E-state index contributed by atoms with van der Waals surface area (Å²) in [6, 6.07) is 9.55. The first-order chi connectivity index (χ1) is 12.3. The number of hydrogen-bond donors (Lipinski definition) is 3. The number of nitrogens with one attached hydrogen (secondary N) is 2. The van der Waals surface area contributed by atoms with Crippen molar-refractivity contribution in [2.75, 3.05) is 5.32 Å². The predicted molar refractivity (Wildman–Crippen MR) is 103 cm³/mol. The summed E-state index contributed by atoms with van der Waals surface area (Å²) in [6.45, 7) is 3.28. The summed E-state index contributed by atoms with van der Waals surface area (Å²) in [5, 5.41) is 17.2. The maximum atomic E-state index is 12.1. The van der Waals surface area contributed by atoms with E-state index >= 15 is 0 Å². The van der Waals surface area contributed by atoms with E-state index in [4.69, 9.17) is 23.2 Å². The zero-order valence-electron chi connectivity index (χ0n) is 14.1. The average molecular weight is 394 g/mol. The Hall–Kier alpha value is -2.57. The number of rotatable bonds is 5. The second kappa shape index (κ2) is 8.69. The molecule has 2 amide bonds. The number of carbonyl (C=O) groups excluding carboxylic acids is 2. The SMILES string of the molecule is C/C(CC(=O)Nc1cc(Cl)ccc1Cl)=N/NC(=O)c1cccc(C)c1O. The van der Waals surface area contributed by atoms with Crippen molar-refractivity contribution in [3.63, 3.8) is 0 Å². The maximum absolute atomic E-state index is 12.1. The highest BCUT2D eigenvalue weighted by molar-refractivity contribution is 6.35. The van der Waals surface area contributed by atoms with Gasteiger partial charge >= 0.3 is 0 Å². The second-order valence-corrected chi connectivity index (χ2v) is 6.45. The molecule has 0 unspecified atom stereocenters. The molecule has 0 saturated heterocycles. The first-order valence-corrected chi connectivity index (χ1v) is 8.40. The lowest BCUT2D eigenvalue weighted by Crippen LogP contribution is -2.21. The monoisotopic (exact) mass is 393 g/mol. The number of hydrazone groups is 1. The van der Waals surface area contributed by atoms with Crippen LogP contribution in [-0.2, 0) is 4.79 Å². The van der Waals surface area contributed by atoms with Gasteiger partial charge in [-0.15, -0.1) is 0 Å². The van der Waals surface area contributed by atoms with Crippen LogP contribution < -0.4 is 10.7 Å². The Morgan fingerprint density at radius 1 is 1.19 bits per heavy atom. The Bertz CT molecular complexity index is 882. The number of phenols is 1. The molecule has 2 rings (SSSR count). The summed E-state index contributed by atoms with van der Waals surface area (Å²) < 4.78 is 0. The number of amides is 2. The Morgan fingerprint density at radius 2 is 1.92 bits per heavy atom. The molecule has 6 nitrogen and oxygen atoms in total. The van der Waals surface area contributed by atoms with Gasteiger partial charge in [0.25, 0.3) is 5.91 Å². The molecule has 0 aliphatic carbocycles. The Balaban J connectivity index is 1.97. The first-order valence-electron chi connectivity index (χ1n) is 7.65. The summed E-state index contributed by atoms with van der Waals surface area (Å²) >= 11 is 11.9. The number of halogens is 2. The van der Waals surface area contributed by atoms with E-state index < -0.39 is 5.91 Å².